The Morgan fingerprint density at radius 2 is 2.33 bits per heavy atom. The fraction of sp³-hybridized carbons (Fsp3) is 0.778. The minimum absolute atomic E-state index is 0.486. The number of hydrogen-bond donors (Lipinski definition) is 2. The Balaban J connectivity index is 2.11. The third-order valence-electron chi connectivity index (χ3n) is 2.13. The van der Waals surface area contributed by atoms with Crippen LogP contribution in [0.1, 0.15) is 25.7 Å². The zero-order chi connectivity index (χ0) is 8.65. The Morgan fingerprint density at radius 3 is 3.17 bits per heavy atom. The lowest BCUT2D eigenvalue weighted by molar-refractivity contribution is 0.438. The van der Waals surface area contributed by atoms with Crippen LogP contribution in [0.5, 0.6) is 0 Å². The van der Waals surface area contributed by atoms with Crippen molar-refractivity contribution >= 4 is 11.6 Å². The summed E-state index contributed by atoms with van der Waals surface area (Å²) in [5.74, 6) is 0. The molecule has 0 aliphatic carbocycles. The van der Waals surface area contributed by atoms with Crippen LogP contribution in [0.2, 0.25) is 0 Å². The lowest BCUT2D eigenvalue weighted by Gasteiger charge is -2.15. The van der Waals surface area contributed by atoms with Gasteiger partial charge in [0.15, 0.2) is 0 Å². The second-order valence-electron chi connectivity index (χ2n) is 3.13. The van der Waals surface area contributed by atoms with E-state index >= 15 is 0 Å². The topological polar surface area (TPSA) is 24.1 Å². The molecule has 1 rings (SSSR count). The average Bonchev–Trinajstić information content (AvgIpc) is 2.33. The van der Waals surface area contributed by atoms with Gasteiger partial charge in [-0.1, -0.05) is 30.5 Å². The van der Waals surface area contributed by atoms with Crippen molar-refractivity contribution in [3.05, 3.63) is 11.6 Å². The predicted molar refractivity (Wildman–Crippen MR) is 53.3 cm³/mol. The third-order valence-corrected chi connectivity index (χ3v) is 2.31. The zero-order valence-electron chi connectivity index (χ0n) is 7.35. The molecule has 70 valence electrons. The van der Waals surface area contributed by atoms with Crippen LogP contribution in [0.15, 0.2) is 11.6 Å². The molecule has 1 atom stereocenters. The van der Waals surface area contributed by atoms with Crippen LogP contribution >= 0.6 is 11.6 Å². The molecule has 0 saturated carbocycles. The van der Waals surface area contributed by atoms with Gasteiger partial charge in [0.25, 0.3) is 0 Å². The Hall–Kier alpha value is -0.0500. The van der Waals surface area contributed by atoms with E-state index in [0.29, 0.717) is 6.17 Å². The van der Waals surface area contributed by atoms with Crippen LogP contribution in [0.25, 0.3) is 0 Å². The number of halogens is 1. The summed E-state index contributed by atoms with van der Waals surface area (Å²) in [6.45, 7) is 2.00. The smallest absolute Gasteiger partial charge is 0.0574 e. The highest BCUT2D eigenvalue weighted by Gasteiger charge is 2.08. The molecule has 0 radical (unpaired) electrons. The van der Waals surface area contributed by atoms with Crippen LogP contribution < -0.4 is 10.6 Å². The first-order valence-corrected chi connectivity index (χ1v) is 5.09. The Labute approximate surface area is 79.4 Å². The minimum atomic E-state index is 0.486. The van der Waals surface area contributed by atoms with Crippen molar-refractivity contribution in [1.29, 1.82) is 0 Å². The lowest BCUT2D eigenvalue weighted by atomic mass is 10.2. The van der Waals surface area contributed by atoms with Crippen molar-refractivity contribution in [3.8, 4) is 0 Å². The summed E-state index contributed by atoms with van der Waals surface area (Å²) in [7, 11) is 0. The summed E-state index contributed by atoms with van der Waals surface area (Å²) in [5.41, 5.74) is 1.56. The summed E-state index contributed by atoms with van der Waals surface area (Å²) >= 11 is 5.41. The Bertz CT molecular complexity index is 128. The molecule has 1 unspecified atom stereocenters. The Kier molecular flexibility index (Phi) is 5.41. The molecule has 0 aromatic carbocycles. The molecule has 0 amide bonds. The van der Waals surface area contributed by atoms with Crippen LogP contribution in [0, 0.1) is 0 Å². The quantitative estimate of drug-likeness (QED) is 0.706. The number of rotatable bonds is 3. The lowest BCUT2D eigenvalue weighted by Crippen LogP contribution is -2.41. The molecule has 1 fully saturated rings. The van der Waals surface area contributed by atoms with Crippen LogP contribution in [-0.4, -0.2) is 19.3 Å². The predicted octanol–water partition coefficient (Wildman–Crippen LogP) is 1.82. The van der Waals surface area contributed by atoms with Gasteiger partial charge in [0, 0.05) is 12.1 Å². The number of nitrogens with one attached hydrogen (secondary N) is 2. The molecule has 0 bridgehead atoms. The summed E-state index contributed by atoms with van der Waals surface area (Å²) in [4.78, 5) is 0. The first kappa shape index (κ1) is 10.0. The summed E-state index contributed by atoms with van der Waals surface area (Å²) in [6, 6.07) is 0. The van der Waals surface area contributed by atoms with Gasteiger partial charge in [-0.3, -0.25) is 5.32 Å². The Morgan fingerprint density at radius 1 is 1.42 bits per heavy atom. The molecule has 1 aliphatic heterocycles. The van der Waals surface area contributed by atoms with Gasteiger partial charge in [-0.2, -0.15) is 0 Å². The molecule has 0 spiro atoms. The monoisotopic (exact) mass is 188 g/mol. The van der Waals surface area contributed by atoms with Crippen LogP contribution in [0.4, 0.5) is 0 Å². The average molecular weight is 189 g/mol. The second kappa shape index (κ2) is 6.46. The van der Waals surface area contributed by atoms with Crippen molar-refractivity contribution in [2.75, 3.05) is 13.1 Å². The van der Waals surface area contributed by atoms with Gasteiger partial charge >= 0.3 is 0 Å². The highest BCUT2D eigenvalue weighted by molar-refractivity contribution is 6.25. The molecule has 2 N–H and O–H groups in total. The molecule has 12 heavy (non-hydrogen) atoms. The largest absolute Gasteiger partial charge is 0.302 e. The second-order valence-corrected chi connectivity index (χ2v) is 3.38. The first-order valence-electron chi connectivity index (χ1n) is 4.65. The van der Waals surface area contributed by atoms with Crippen molar-refractivity contribution < 1.29 is 0 Å². The van der Waals surface area contributed by atoms with E-state index in [2.05, 4.69) is 10.6 Å². The summed E-state index contributed by atoms with van der Waals surface area (Å²) in [5, 5.41) is 6.83. The SMILES string of the molecule is ClC=CCNC1CCCCCN1. The molecule has 0 aromatic rings. The molecule has 1 saturated heterocycles. The van der Waals surface area contributed by atoms with Crippen molar-refractivity contribution in [3.63, 3.8) is 0 Å². The highest BCUT2D eigenvalue weighted by atomic mass is 35.5. The molecular weight excluding hydrogens is 172 g/mol. The van der Waals surface area contributed by atoms with Crippen molar-refractivity contribution in [2.24, 2.45) is 0 Å². The standard InChI is InChI=1S/C9H17ClN2/c10-6-4-8-12-9-5-2-1-3-7-11-9/h4,6,9,11-12H,1-3,5,7-8H2. The maximum absolute atomic E-state index is 5.41. The molecule has 0 aromatic heterocycles. The van der Waals surface area contributed by atoms with Crippen molar-refractivity contribution in [2.45, 2.75) is 31.8 Å². The van der Waals surface area contributed by atoms with Gasteiger partial charge in [-0.05, 0) is 19.4 Å². The van der Waals surface area contributed by atoms with Gasteiger partial charge < -0.3 is 5.32 Å². The minimum Gasteiger partial charge on any atom is -0.302 e. The molecule has 3 heteroatoms. The van der Waals surface area contributed by atoms with Crippen LogP contribution in [0.3, 0.4) is 0 Å². The molecule has 1 heterocycles. The third kappa shape index (κ3) is 4.10. The van der Waals surface area contributed by atoms with E-state index in [1.807, 2.05) is 6.08 Å². The fourth-order valence-corrected chi connectivity index (χ4v) is 1.55. The van der Waals surface area contributed by atoms with Gasteiger partial charge in [0.05, 0.1) is 6.17 Å². The van der Waals surface area contributed by atoms with E-state index in [4.69, 9.17) is 11.6 Å². The fourth-order valence-electron chi connectivity index (χ4n) is 1.46. The van der Waals surface area contributed by atoms with E-state index in [-0.39, 0.29) is 0 Å². The molecule has 2 nitrogen and oxygen atoms in total. The zero-order valence-corrected chi connectivity index (χ0v) is 8.11. The maximum atomic E-state index is 5.41. The van der Waals surface area contributed by atoms with Gasteiger partial charge in [-0.25, -0.2) is 0 Å². The van der Waals surface area contributed by atoms with E-state index in [0.717, 1.165) is 13.1 Å². The van der Waals surface area contributed by atoms with Crippen LogP contribution in [-0.2, 0) is 0 Å². The molecular formula is C9H17ClN2. The molecule has 1 aliphatic rings. The van der Waals surface area contributed by atoms with Crippen molar-refractivity contribution in [1.82, 2.24) is 10.6 Å². The van der Waals surface area contributed by atoms with Gasteiger partial charge in [0.1, 0.15) is 0 Å². The van der Waals surface area contributed by atoms with E-state index in [1.165, 1.54) is 25.7 Å². The first-order chi connectivity index (χ1) is 5.93. The summed E-state index contributed by atoms with van der Waals surface area (Å²) in [6.07, 6.45) is 7.64. The van der Waals surface area contributed by atoms with Gasteiger partial charge in [-0.15, -0.1) is 0 Å². The summed E-state index contributed by atoms with van der Waals surface area (Å²) < 4.78 is 0. The highest BCUT2D eigenvalue weighted by Crippen LogP contribution is 2.05. The normalized spacial score (nSPS) is 25.9. The van der Waals surface area contributed by atoms with E-state index in [1.54, 1.807) is 5.54 Å². The van der Waals surface area contributed by atoms with Gasteiger partial charge in [0.2, 0.25) is 0 Å². The van der Waals surface area contributed by atoms with E-state index < -0.39 is 0 Å². The van der Waals surface area contributed by atoms with E-state index in [9.17, 15) is 0 Å². The maximum Gasteiger partial charge on any atom is 0.0574 e. The number of hydrogen-bond acceptors (Lipinski definition) is 2.